The third kappa shape index (κ3) is 2.00. The van der Waals surface area contributed by atoms with E-state index in [1.54, 1.807) is 13.8 Å². The van der Waals surface area contributed by atoms with Crippen molar-refractivity contribution in [1.82, 2.24) is 15.0 Å². The monoisotopic (exact) mass is 239 g/mol. The average Bonchev–Trinajstić information content (AvgIpc) is 2.85. The molecule has 1 fully saturated rings. The lowest BCUT2D eigenvalue weighted by molar-refractivity contribution is -0.147. The third-order valence-corrected chi connectivity index (χ3v) is 3.00. The summed E-state index contributed by atoms with van der Waals surface area (Å²) in [6.45, 7) is 3.79. The Hall–Kier alpha value is -1.92. The summed E-state index contributed by atoms with van der Waals surface area (Å²) in [7, 11) is 0. The van der Waals surface area contributed by atoms with Crippen molar-refractivity contribution in [2.24, 2.45) is 5.41 Å². The molecular formula is C10H13N3O4. The number of hydrogen-bond donors (Lipinski definition) is 1. The molecular weight excluding hydrogens is 226 g/mol. The van der Waals surface area contributed by atoms with Gasteiger partial charge in [-0.3, -0.25) is 9.59 Å². The van der Waals surface area contributed by atoms with Gasteiger partial charge in [0, 0.05) is 20.0 Å². The third-order valence-electron chi connectivity index (χ3n) is 3.00. The van der Waals surface area contributed by atoms with Crippen LogP contribution in [0.1, 0.15) is 29.9 Å². The fourth-order valence-corrected chi connectivity index (χ4v) is 1.84. The van der Waals surface area contributed by atoms with Gasteiger partial charge >= 0.3 is 5.97 Å². The Kier molecular flexibility index (Phi) is 2.60. The number of carboxylic acids is 1. The number of carbonyl (C=O) groups excluding carboxylic acids is 1. The van der Waals surface area contributed by atoms with E-state index >= 15 is 0 Å². The first kappa shape index (κ1) is 11.6. The van der Waals surface area contributed by atoms with Crippen LogP contribution in [-0.4, -0.2) is 45.1 Å². The number of carboxylic acid groups (broad SMARTS) is 1. The summed E-state index contributed by atoms with van der Waals surface area (Å²) in [5, 5.41) is 12.6. The molecule has 7 heteroatoms. The van der Waals surface area contributed by atoms with E-state index in [1.165, 1.54) is 4.90 Å². The van der Waals surface area contributed by atoms with Gasteiger partial charge < -0.3 is 14.5 Å². The van der Waals surface area contributed by atoms with Gasteiger partial charge in [0.2, 0.25) is 5.89 Å². The number of nitrogens with zero attached hydrogens (tertiary/aromatic N) is 3. The standard InChI is InChI=1S/C10H13N3O4/c1-6-11-7(12-17-6)8(14)13-4-3-10(2,5-13)9(15)16/h3-5H2,1-2H3,(H,15,16). The van der Waals surface area contributed by atoms with Crippen molar-refractivity contribution >= 4 is 11.9 Å². The number of rotatable bonds is 2. The van der Waals surface area contributed by atoms with Gasteiger partial charge in [0.15, 0.2) is 0 Å². The fraction of sp³-hybridized carbons (Fsp3) is 0.600. The van der Waals surface area contributed by atoms with E-state index in [2.05, 4.69) is 10.1 Å². The quantitative estimate of drug-likeness (QED) is 0.798. The molecule has 0 aliphatic carbocycles. The summed E-state index contributed by atoms with van der Waals surface area (Å²) in [6.07, 6.45) is 0.435. The highest BCUT2D eigenvalue weighted by Gasteiger charge is 2.43. The number of carbonyl (C=O) groups is 2. The number of aliphatic carboxylic acids is 1. The summed E-state index contributed by atoms with van der Waals surface area (Å²) >= 11 is 0. The summed E-state index contributed by atoms with van der Waals surface area (Å²) < 4.78 is 4.72. The van der Waals surface area contributed by atoms with Gasteiger partial charge in [-0.1, -0.05) is 5.16 Å². The smallest absolute Gasteiger partial charge is 0.311 e. The summed E-state index contributed by atoms with van der Waals surface area (Å²) in [5.74, 6) is -0.977. The molecule has 2 heterocycles. The Morgan fingerprint density at radius 1 is 1.53 bits per heavy atom. The molecule has 1 unspecified atom stereocenters. The van der Waals surface area contributed by atoms with Gasteiger partial charge in [-0.15, -0.1) is 0 Å². The second kappa shape index (κ2) is 3.83. The van der Waals surface area contributed by atoms with E-state index in [-0.39, 0.29) is 18.3 Å². The minimum Gasteiger partial charge on any atom is -0.481 e. The molecule has 0 spiro atoms. The lowest BCUT2D eigenvalue weighted by Gasteiger charge is -2.18. The average molecular weight is 239 g/mol. The van der Waals surface area contributed by atoms with Gasteiger partial charge in [-0.2, -0.15) is 4.98 Å². The molecule has 0 bridgehead atoms. The van der Waals surface area contributed by atoms with Crippen molar-refractivity contribution in [2.45, 2.75) is 20.3 Å². The zero-order valence-corrected chi connectivity index (χ0v) is 9.63. The summed E-state index contributed by atoms with van der Waals surface area (Å²) in [4.78, 5) is 28.2. The minimum atomic E-state index is -0.892. The zero-order valence-electron chi connectivity index (χ0n) is 9.63. The Morgan fingerprint density at radius 2 is 2.24 bits per heavy atom. The first-order valence-electron chi connectivity index (χ1n) is 5.25. The highest BCUT2D eigenvalue weighted by atomic mass is 16.5. The van der Waals surface area contributed by atoms with Gasteiger partial charge in [-0.25, -0.2) is 0 Å². The molecule has 0 aromatic carbocycles. The lowest BCUT2D eigenvalue weighted by Crippen LogP contribution is -2.35. The summed E-state index contributed by atoms with van der Waals surface area (Å²) in [6, 6.07) is 0. The zero-order chi connectivity index (χ0) is 12.6. The van der Waals surface area contributed by atoms with Crippen molar-refractivity contribution < 1.29 is 19.2 Å². The van der Waals surface area contributed by atoms with E-state index in [9.17, 15) is 9.59 Å². The van der Waals surface area contributed by atoms with Crippen molar-refractivity contribution in [1.29, 1.82) is 0 Å². The first-order valence-corrected chi connectivity index (χ1v) is 5.25. The van der Waals surface area contributed by atoms with E-state index in [0.717, 1.165) is 0 Å². The molecule has 0 saturated carbocycles. The van der Waals surface area contributed by atoms with Gasteiger partial charge in [-0.05, 0) is 13.3 Å². The SMILES string of the molecule is Cc1nc(C(=O)N2CCC(C)(C(=O)O)C2)no1. The van der Waals surface area contributed by atoms with Crippen LogP contribution < -0.4 is 0 Å². The second-order valence-corrected chi connectivity index (χ2v) is 4.48. The fourth-order valence-electron chi connectivity index (χ4n) is 1.84. The Balaban J connectivity index is 2.11. The molecule has 1 atom stereocenters. The van der Waals surface area contributed by atoms with Crippen molar-refractivity contribution in [3.05, 3.63) is 11.7 Å². The van der Waals surface area contributed by atoms with E-state index in [0.29, 0.717) is 18.9 Å². The number of likely N-dealkylation sites (tertiary alicyclic amines) is 1. The number of aryl methyl sites for hydroxylation is 1. The number of aromatic nitrogens is 2. The highest BCUT2D eigenvalue weighted by Crippen LogP contribution is 2.30. The Labute approximate surface area is 97.4 Å². The van der Waals surface area contributed by atoms with Gasteiger partial charge in [0.05, 0.1) is 5.41 Å². The maximum absolute atomic E-state index is 11.9. The molecule has 17 heavy (non-hydrogen) atoms. The number of hydrogen-bond acceptors (Lipinski definition) is 5. The van der Waals surface area contributed by atoms with Crippen LogP contribution in [0.25, 0.3) is 0 Å². The van der Waals surface area contributed by atoms with Crippen molar-refractivity contribution in [3.63, 3.8) is 0 Å². The molecule has 1 amide bonds. The largest absolute Gasteiger partial charge is 0.481 e. The van der Waals surface area contributed by atoms with Crippen LogP contribution >= 0.6 is 0 Å². The van der Waals surface area contributed by atoms with Crippen LogP contribution in [0.4, 0.5) is 0 Å². The molecule has 0 radical (unpaired) electrons. The highest BCUT2D eigenvalue weighted by molar-refractivity contribution is 5.91. The molecule has 1 aliphatic rings. The second-order valence-electron chi connectivity index (χ2n) is 4.48. The van der Waals surface area contributed by atoms with Crippen LogP contribution in [0.2, 0.25) is 0 Å². The van der Waals surface area contributed by atoms with Crippen LogP contribution in [0, 0.1) is 12.3 Å². The Morgan fingerprint density at radius 3 is 2.71 bits per heavy atom. The van der Waals surface area contributed by atoms with Crippen molar-refractivity contribution in [3.8, 4) is 0 Å². The van der Waals surface area contributed by atoms with Gasteiger partial charge in [0.25, 0.3) is 11.7 Å². The molecule has 1 aliphatic heterocycles. The molecule has 1 aromatic heterocycles. The maximum Gasteiger partial charge on any atom is 0.311 e. The predicted molar refractivity (Wildman–Crippen MR) is 55.3 cm³/mol. The molecule has 92 valence electrons. The molecule has 7 nitrogen and oxygen atoms in total. The van der Waals surface area contributed by atoms with Crippen LogP contribution in [0.3, 0.4) is 0 Å². The van der Waals surface area contributed by atoms with Crippen LogP contribution in [0.15, 0.2) is 4.52 Å². The van der Waals surface area contributed by atoms with E-state index in [1.807, 2.05) is 0 Å². The topological polar surface area (TPSA) is 96.5 Å². The van der Waals surface area contributed by atoms with Crippen molar-refractivity contribution in [2.75, 3.05) is 13.1 Å². The predicted octanol–water partition coefficient (Wildman–Crippen LogP) is 0.315. The van der Waals surface area contributed by atoms with Gasteiger partial charge in [0.1, 0.15) is 0 Å². The molecule has 1 N–H and O–H groups in total. The maximum atomic E-state index is 11.9. The molecule has 1 aromatic rings. The summed E-state index contributed by atoms with van der Waals surface area (Å²) in [5.41, 5.74) is -0.881. The molecule has 2 rings (SSSR count). The number of amides is 1. The Bertz CT molecular complexity index is 470. The molecule has 1 saturated heterocycles. The first-order chi connectivity index (χ1) is 7.92. The van der Waals surface area contributed by atoms with Crippen LogP contribution in [0.5, 0.6) is 0 Å². The van der Waals surface area contributed by atoms with Crippen LogP contribution in [-0.2, 0) is 4.79 Å². The lowest BCUT2D eigenvalue weighted by atomic mass is 9.90. The minimum absolute atomic E-state index is 0.0165. The van der Waals surface area contributed by atoms with E-state index in [4.69, 9.17) is 9.63 Å². The van der Waals surface area contributed by atoms with E-state index < -0.39 is 11.4 Å². The normalized spacial score (nSPS) is 24.0.